The molecule has 1 atom stereocenters. The fourth-order valence-corrected chi connectivity index (χ4v) is 3.81. The number of aromatic nitrogens is 4. The number of para-hydroxylation sites is 1. The van der Waals surface area contributed by atoms with Gasteiger partial charge in [-0.2, -0.15) is 5.10 Å². The van der Waals surface area contributed by atoms with Gasteiger partial charge in [-0.3, -0.25) is 9.78 Å². The maximum atomic E-state index is 12.8. The number of nitrogens with zero attached hydrogens (tertiary/aromatic N) is 4. The molecule has 0 saturated heterocycles. The van der Waals surface area contributed by atoms with E-state index in [1.54, 1.807) is 31.6 Å². The van der Waals surface area contributed by atoms with Crippen LogP contribution < -0.4 is 11.1 Å². The van der Waals surface area contributed by atoms with Gasteiger partial charge < -0.3 is 15.8 Å². The Labute approximate surface area is 180 Å². The number of pyridine rings is 2. The highest BCUT2D eigenvalue weighted by Gasteiger charge is 2.28. The van der Waals surface area contributed by atoms with Crippen LogP contribution >= 0.6 is 0 Å². The SMILES string of the molecule is COC(C)n1nc2c(N)nc3ccccc3c2c1CC(C)(C)NC(=O)c1cccnc1. The molecule has 8 heteroatoms. The van der Waals surface area contributed by atoms with Gasteiger partial charge in [0.05, 0.1) is 16.8 Å². The molecule has 4 aromatic rings. The van der Waals surface area contributed by atoms with Crippen molar-refractivity contribution in [1.29, 1.82) is 0 Å². The zero-order chi connectivity index (χ0) is 22.2. The minimum absolute atomic E-state index is 0.181. The molecule has 0 fully saturated rings. The number of ether oxygens (including phenoxy) is 1. The second-order valence-electron chi connectivity index (χ2n) is 8.22. The van der Waals surface area contributed by atoms with Gasteiger partial charge in [0.25, 0.3) is 5.91 Å². The lowest BCUT2D eigenvalue weighted by molar-refractivity contribution is 0.0475. The summed E-state index contributed by atoms with van der Waals surface area (Å²) in [6.45, 7) is 5.88. The summed E-state index contributed by atoms with van der Waals surface area (Å²) in [4.78, 5) is 21.3. The van der Waals surface area contributed by atoms with Crippen LogP contribution in [-0.4, -0.2) is 38.3 Å². The smallest absolute Gasteiger partial charge is 0.253 e. The van der Waals surface area contributed by atoms with Gasteiger partial charge in [-0.25, -0.2) is 9.67 Å². The predicted octanol–water partition coefficient (Wildman–Crippen LogP) is 3.48. The van der Waals surface area contributed by atoms with Crippen molar-refractivity contribution in [2.75, 3.05) is 12.8 Å². The Morgan fingerprint density at radius 3 is 2.74 bits per heavy atom. The molecule has 0 radical (unpaired) electrons. The molecule has 3 aromatic heterocycles. The fraction of sp³-hybridized carbons (Fsp3) is 0.304. The van der Waals surface area contributed by atoms with Crippen LogP contribution in [0.2, 0.25) is 0 Å². The van der Waals surface area contributed by atoms with E-state index in [2.05, 4.69) is 15.3 Å². The molecular weight excluding hydrogens is 392 g/mol. The molecule has 0 spiro atoms. The Morgan fingerprint density at radius 1 is 1.26 bits per heavy atom. The van der Waals surface area contributed by atoms with Gasteiger partial charge in [-0.15, -0.1) is 0 Å². The second kappa shape index (κ2) is 7.96. The lowest BCUT2D eigenvalue weighted by Gasteiger charge is -2.27. The number of anilines is 1. The Kier molecular flexibility index (Phi) is 5.32. The van der Waals surface area contributed by atoms with Gasteiger partial charge in [0.15, 0.2) is 5.82 Å². The summed E-state index contributed by atoms with van der Waals surface area (Å²) in [7, 11) is 1.63. The van der Waals surface area contributed by atoms with Crippen LogP contribution in [0, 0.1) is 0 Å². The van der Waals surface area contributed by atoms with E-state index in [9.17, 15) is 4.79 Å². The first-order valence-electron chi connectivity index (χ1n) is 10.1. The molecule has 0 saturated carbocycles. The maximum absolute atomic E-state index is 12.8. The van der Waals surface area contributed by atoms with Crippen LogP contribution in [0.3, 0.4) is 0 Å². The average molecular weight is 419 g/mol. The highest BCUT2D eigenvalue weighted by Crippen LogP contribution is 2.33. The molecule has 1 unspecified atom stereocenters. The minimum Gasteiger partial charge on any atom is -0.382 e. The van der Waals surface area contributed by atoms with Crippen LogP contribution in [0.4, 0.5) is 5.82 Å². The molecule has 8 nitrogen and oxygen atoms in total. The summed E-state index contributed by atoms with van der Waals surface area (Å²) < 4.78 is 7.39. The predicted molar refractivity (Wildman–Crippen MR) is 121 cm³/mol. The van der Waals surface area contributed by atoms with Crippen molar-refractivity contribution in [3.8, 4) is 0 Å². The number of rotatable bonds is 6. The molecule has 0 aliphatic carbocycles. The third-order valence-electron chi connectivity index (χ3n) is 5.34. The first-order chi connectivity index (χ1) is 14.8. The summed E-state index contributed by atoms with van der Waals surface area (Å²) in [5.74, 6) is 0.188. The van der Waals surface area contributed by atoms with E-state index in [-0.39, 0.29) is 12.1 Å². The second-order valence-corrected chi connectivity index (χ2v) is 8.22. The number of nitrogen functional groups attached to an aromatic ring is 1. The van der Waals surface area contributed by atoms with Gasteiger partial charge >= 0.3 is 0 Å². The third-order valence-corrected chi connectivity index (χ3v) is 5.34. The molecule has 1 amide bonds. The van der Waals surface area contributed by atoms with Crippen molar-refractivity contribution in [1.82, 2.24) is 25.1 Å². The molecule has 160 valence electrons. The molecule has 3 heterocycles. The minimum atomic E-state index is -0.579. The van der Waals surface area contributed by atoms with Crippen molar-refractivity contribution in [2.45, 2.75) is 39.0 Å². The van der Waals surface area contributed by atoms with Crippen molar-refractivity contribution >= 4 is 33.5 Å². The topological polar surface area (TPSA) is 108 Å². The zero-order valence-corrected chi connectivity index (χ0v) is 18.1. The molecule has 31 heavy (non-hydrogen) atoms. The molecule has 0 aliphatic heterocycles. The number of nitrogens with one attached hydrogen (secondary N) is 1. The molecule has 3 N–H and O–H groups in total. The lowest BCUT2D eigenvalue weighted by atomic mass is 9.94. The largest absolute Gasteiger partial charge is 0.382 e. The Hall–Kier alpha value is -3.52. The van der Waals surface area contributed by atoms with E-state index in [1.807, 2.05) is 49.7 Å². The van der Waals surface area contributed by atoms with Crippen LogP contribution in [0.25, 0.3) is 21.8 Å². The summed E-state index contributed by atoms with van der Waals surface area (Å²) >= 11 is 0. The molecular formula is C23H26N6O2. The van der Waals surface area contributed by atoms with Crippen molar-refractivity contribution in [3.05, 3.63) is 60.0 Å². The van der Waals surface area contributed by atoms with Crippen molar-refractivity contribution in [2.24, 2.45) is 0 Å². The van der Waals surface area contributed by atoms with E-state index in [0.29, 0.717) is 23.3 Å². The van der Waals surface area contributed by atoms with Gasteiger partial charge in [0.2, 0.25) is 0 Å². The number of amides is 1. The summed E-state index contributed by atoms with van der Waals surface area (Å²) in [6, 6.07) is 11.3. The van der Waals surface area contributed by atoms with E-state index >= 15 is 0 Å². The zero-order valence-electron chi connectivity index (χ0n) is 18.1. The molecule has 0 bridgehead atoms. The van der Waals surface area contributed by atoms with Gasteiger partial charge in [-0.1, -0.05) is 18.2 Å². The highest BCUT2D eigenvalue weighted by atomic mass is 16.5. The normalized spacial score (nSPS) is 12.9. The number of carbonyl (C=O) groups is 1. The van der Waals surface area contributed by atoms with Gasteiger partial charge in [0.1, 0.15) is 11.7 Å². The Morgan fingerprint density at radius 2 is 2.03 bits per heavy atom. The molecule has 4 rings (SSSR count). The monoisotopic (exact) mass is 418 g/mol. The average Bonchev–Trinajstić information content (AvgIpc) is 3.13. The van der Waals surface area contributed by atoms with Crippen LogP contribution in [0.1, 0.15) is 43.1 Å². The first kappa shape index (κ1) is 20.7. The summed E-state index contributed by atoms with van der Waals surface area (Å²) in [5.41, 5.74) is 8.55. The number of hydrogen-bond acceptors (Lipinski definition) is 6. The summed E-state index contributed by atoms with van der Waals surface area (Å²) in [5, 5.41) is 9.74. The molecule has 1 aromatic carbocycles. The number of fused-ring (bicyclic) bond motifs is 3. The number of benzene rings is 1. The number of carbonyl (C=O) groups excluding carboxylic acids is 1. The van der Waals surface area contributed by atoms with Crippen LogP contribution in [0.15, 0.2) is 48.8 Å². The number of hydrogen-bond donors (Lipinski definition) is 2. The van der Waals surface area contributed by atoms with E-state index in [0.717, 1.165) is 22.0 Å². The molecule has 0 aliphatic rings. The van der Waals surface area contributed by atoms with Crippen LogP contribution in [0.5, 0.6) is 0 Å². The van der Waals surface area contributed by atoms with Gasteiger partial charge in [-0.05, 0) is 39.0 Å². The third kappa shape index (κ3) is 3.94. The lowest BCUT2D eigenvalue weighted by Crippen LogP contribution is -2.45. The van der Waals surface area contributed by atoms with Crippen molar-refractivity contribution in [3.63, 3.8) is 0 Å². The highest BCUT2D eigenvalue weighted by molar-refractivity contribution is 6.09. The Bertz CT molecular complexity index is 1250. The number of methoxy groups -OCH3 is 1. The number of nitrogens with two attached hydrogens (primary N) is 1. The fourth-order valence-electron chi connectivity index (χ4n) is 3.81. The first-order valence-corrected chi connectivity index (χ1v) is 10.1. The standard InChI is InChI=1S/C23H26N6O2/c1-14(31-4)29-18(12-23(2,3)27-22(30)15-8-7-11-25-13-15)19-16-9-5-6-10-17(16)26-21(24)20(19)28-29/h5-11,13-14H,12H2,1-4H3,(H2,24,26)(H,27,30). The van der Waals surface area contributed by atoms with E-state index in [1.165, 1.54) is 0 Å². The summed E-state index contributed by atoms with van der Waals surface area (Å²) in [6.07, 6.45) is 3.39. The van der Waals surface area contributed by atoms with Crippen LogP contribution in [-0.2, 0) is 11.2 Å². The van der Waals surface area contributed by atoms with Crippen molar-refractivity contribution < 1.29 is 9.53 Å². The quantitative estimate of drug-likeness (QED) is 0.496. The Balaban J connectivity index is 1.82. The van der Waals surface area contributed by atoms with Gasteiger partial charge in [0, 0.05) is 42.2 Å². The van der Waals surface area contributed by atoms with E-state index < -0.39 is 5.54 Å². The van der Waals surface area contributed by atoms with E-state index in [4.69, 9.17) is 15.6 Å². The maximum Gasteiger partial charge on any atom is 0.253 e.